The molecule has 0 amide bonds. The molecule has 0 unspecified atom stereocenters. The summed E-state index contributed by atoms with van der Waals surface area (Å²) in [7, 11) is 2.02. The van der Waals surface area contributed by atoms with Gasteiger partial charge in [0.15, 0.2) is 0 Å². The highest BCUT2D eigenvalue weighted by Gasteiger charge is 2.43. The molecule has 0 saturated carbocycles. The molecule has 0 bridgehead atoms. The van der Waals surface area contributed by atoms with Crippen LogP contribution in [0.5, 0.6) is 0 Å². The van der Waals surface area contributed by atoms with E-state index in [1.54, 1.807) is 21.3 Å². The van der Waals surface area contributed by atoms with Gasteiger partial charge in [-0.3, -0.25) is 0 Å². The Morgan fingerprint density at radius 3 is 1.52 bits per heavy atom. The minimum atomic E-state index is -2.92. The minimum Gasteiger partial charge on any atom is -0.373 e. The van der Waals surface area contributed by atoms with Crippen LogP contribution in [-0.2, 0) is 13.3 Å². The maximum atomic E-state index is 5.73. The Morgan fingerprint density at radius 2 is 1.10 bits per heavy atom. The van der Waals surface area contributed by atoms with Crippen LogP contribution >= 0.6 is 0 Å². The monoisotopic (exact) mass is 298 g/mol. The molecule has 3 aromatic rings. The largest absolute Gasteiger partial charge is 0.537 e. The third kappa shape index (κ3) is 2.17. The molecule has 4 heteroatoms. The molecule has 0 atom stereocenters. The molecule has 3 aromatic carbocycles. The molecular formula is C17H18O3Si. The lowest BCUT2D eigenvalue weighted by Crippen LogP contribution is -2.55. The number of hydrogen-bond acceptors (Lipinski definition) is 3. The van der Waals surface area contributed by atoms with E-state index in [2.05, 4.69) is 30.3 Å². The first-order valence-electron chi connectivity index (χ1n) is 6.82. The van der Waals surface area contributed by atoms with Gasteiger partial charge in [-0.1, -0.05) is 48.5 Å². The Balaban J connectivity index is 2.51. The predicted molar refractivity (Wildman–Crippen MR) is 87.9 cm³/mol. The lowest BCUT2D eigenvalue weighted by molar-refractivity contribution is 0.141. The van der Waals surface area contributed by atoms with E-state index in [0.29, 0.717) is 0 Å². The van der Waals surface area contributed by atoms with Gasteiger partial charge in [0.1, 0.15) is 0 Å². The van der Waals surface area contributed by atoms with Crippen molar-refractivity contribution in [2.75, 3.05) is 21.3 Å². The molecule has 21 heavy (non-hydrogen) atoms. The van der Waals surface area contributed by atoms with Crippen molar-refractivity contribution in [2.45, 2.75) is 0 Å². The highest BCUT2D eigenvalue weighted by molar-refractivity contribution is 6.80. The van der Waals surface area contributed by atoms with Crippen LogP contribution in [0.1, 0.15) is 0 Å². The van der Waals surface area contributed by atoms with Crippen molar-refractivity contribution < 1.29 is 13.3 Å². The number of hydrogen-bond donors (Lipinski definition) is 0. The Bertz CT molecular complexity index is 719. The van der Waals surface area contributed by atoms with Gasteiger partial charge in [-0.15, -0.1) is 0 Å². The maximum Gasteiger partial charge on any atom is 0.537 e. The van der Waals surface area contributed by atoms with Crippen molar-refractivity contribution in [3.05, 3.63) is 54.6 Å². The molecule has 0 aliphatic carbocycles. The fraction of sp³-hybridized carbons (Fsp3) is 0.176. The van der Waals surface area contributed by atoms with Crippen LogP contribution in [0.4, 0.5) is 0 Å². The zero-order valence-corrected chi connectivity index (χ0v) is 13.4. The van der Waals surface area contributed by atoms with Crippen molar-refractivity contribution in [2.24, 2.45) is 0 Å². The lowest BCUT2D eigenvalue weighted by atomic mass is 10.0. The maximum absolute atomic E-state index is 5.73. The summed E-state index contributed by atoms with van der Waals surface area (Å²) in [6.45, 7) is 0. The van der Waals surface area contributed by atoms with Crippen LogP contribution in [0.15, 0.2) is 54.6 Å². The SMILES string of the molecule is CO[Si](OC)(OC)c1c2ccccc2cc2ccccc12. The Morgan fingerprint density at radius 1 is 0.667 bits per heavy atom. The Hall–Kier alpha value is -1.72. The summed E-state index contributed by atoms with van der Waals surface area (Å²) in [5.74, 6) is 0. The van der Waals surface area contributed by atoms with Gasteiger partial charge in [-0.2, -0.15) is 0 Å². The van der Waals surface area contributed by atoms with E-state index in [0.717, 1.165) is 26.7 Å². The quantitative estimate of drug-likeness (QED) is 0.547. The van der Waals surface area contributed by atoms with E-state index in [9.17, 15) is 0 Å². The summed E-state index contributed by atoms with van der Waals surface area (Å²) in [4.78, 5) is 0. The van der Waals surface area contributed by atoms with Gasteiger partial charge >= 0.3 is 8.80 Å². The van der Waals surface area contributed by atoms with Gasteiger partial charge in [0, 0.05) is 26.5 Å². The van der Waals surface area contributed by atoms with Gasteiger partial charge in [-0.25, -0.2) is 0 Å². The zero-order chi connectivity index (χ0) is 14.9. The van der Waals surface area contributed by atoms with E-state index in [1.807, 2.05) is 24.3 Å². The van der Waals surface area contributed by atoms with Gasteiger partial charge in [0.2, 0.25) is 0 Å². The van der Waals surface area contributed by atoms with E-state index in [-0.39, 0.29) is 0 Å². The predicted octanol–water partition coefficient (Wildman–Crippen LogP) is 3.08. The van der Waals surface area contributed by atoms with E-state index >= 15 is 0 Å². The third-order valence-corrected chi connectivity index (χ3v) is 6.65. The Kier molecular flexibility index (Phi) is 3.78. The summed E-state index contributed by atoms with van der Waals surface area (Å²) < 4.78 is 17.2. The molecule has 108 valence electrons. The lowest BCUT2D eigenvalue weighted by Gasteiger charge is -2.27. The highest BCUT2D eigenvalue weighted by atomic mass is 28.4. The zero-order valence-electron chi connectivity index (χ0n) is 12.4. The van der Waals surface area contributed by atoms with Crippen molar-refractivity contribution in [3.63, 3.8) is 0 Å². The van der Waals surface area contributed by atoms with Gasteiger partial charge in [0.25, 0.3) is 0 Å². The fourth-order valence-corrected chi connectivity index (χ4v) is 5.13. The summed E-state index contributed by atoms with van der Waals surface area (Å²) in [5, 5.41) is 5.59. The molecule has 0 aromatic heterocycles. The molecule has 0 N–H and O–H groups in total. The first-order chi connectivity index (χ1) is 10.3. The van der Waals surface area contributed by atoms with Crippen LogP contribution in [0.2, 0.25) is 0 Å². The second kappa shape index (κ2) is 5.58. The van der Waals surface area contributed by atoms with Crippen LogP contribution in [0.3, 0.4) is 0 Å². The number of benzene rings is 3. The van der Waals surface area contributed by atoms with Crippen LogP contribution in [0, 0.1) is 0 Å². The molecule has 0 fully saturated rings. The van der Waals surface area contributed by atoms with Gasteiger partial charge in [0.05, 0.1) is 0 Å². The smallest absolute Gasteiger partial charge is 0.373 e. The van der Waals surface area contributed by atoms with E-state index in [1.165, 1.54) is 0 Å². The second-order valence-corrected chi connectivity index (χ2v) is 7.70. The van der Waals surface area contributed by atoms with Crippen molar-refractivity contribution in [1.82, 2.24) is 0 Å². The normalized spacial score (nSPS) is 12.1. The molecule has 0 saturated heterocycles. The van der Waals surface area contributed by atoms with Crippen molar-refractivity contribution in [1.29, 1.82) is 0 Å². The summed E-state index contributed by atoms with van der Waals surface area (Å²) >= 11 is 0. The molecule has 0 heterocycles. The molecule has 3 rings (SSSR count). The molecular weight excluding hydrogens is 280 g/mol. The van der Waals surface area contributed by atoms with Crippen molar-refractivity contribution in [3.8, 4) is 0 Å². The standard InChI is InChI=1S/C17H18O3Si/c1-18-21(19-2,20-3)17-15-10-6-4-8-13(15)12-14-9-5-7-11-16(14)17/h4-12H,1-3H3. The summed E-state index contributed by atoms with van der Waals surface area (Å²) in [6.07, 6.45) is 0. The van der Waals surface area contributed by atoms with Crippen LogP contribution < -0.4 is 5.19 Å². The average molecular weight is 298 g/mol. The third-order valence-electron chi connectivity index (χ3n) is 3.88. The molecule has 0 radical (unpaired) electrons. The van der Waals surface area contributed by atoms with E-state index in [4.69, 9.17) is 13.3 Å². The summed E-state index contributed by atoms with van der Waals surface area (Å²) in [5.41, 5.74) is 0. The van der Waals surface area contributed by atoms with E-state index < -0.39 is 8.80 Å². The fourth-order valence-electron chi connectivity index (χ4n) is 2.90. The van der Waals surface area contributed by atoms with Gasteiger partial charge < -0.3 is 13.3 Å². The Labute approximate surface area is 125 Å². The minimum absolute atomic E-state index is 1.03. The first kappa shape index (κ1) is 14.2. The van der Waals surface area contributed by atoms with Gasteiger partial charge in [-0.05, 0) is 27.6 Å². The number of fused-ring (bicyclic) bond motifs is 2. The average Bonchev–Trinajstić information content (AvgIpc) is 2.56. The van der Waals surface area contributed by atoms with Crippen LogP contribution in [-0.4, -0.2) is 30.1 Å². The number of rotatable bonds is 4. The molecule has 0 spiro atoms. The topological polar surface area (TPSA) is 27.7 Å². The summed E-state index contributed by atoms with van der Waals surface area (Å²) in [6, 6.07) is 18.7. The molecule has 3 nitrogen and oxygen atoms in total. The molecule has 0 aliphatic heterocycles. The molecule has 0 aliphatic rings. The highest BCUT2D eigenvalue weighted by Crippen LogP contribution is 2.25. The van der Waals surface area contributed by atoms with Crippen LogP contribution in [0.25, 0.3) is 21.5 Å². The first-order valence-corrected chi connectivity index (χ1v) is 8.54. The second-order valence-electron chi connectivity index (χ2n) is 4.86. The van der Waals surface area contributed by atoms with Crippen molar-refractivity contribution >= 4 is 35.5 Å².